The van der Waals surface area contributed by atoms with E-state index in [1.165, 1.54) is 0 Å². The number of anilines is 6. The summed E-state index contributed by atoms with van der Waals surface area (Å²) in [6, 6.07) is 15.3. The Labute approximate surface area is 301 Å². The number of aromatic amines is 1. The molecule has 3 aliphatic heterocycles. The van der Waals surface area contributed by atoms with Crippen LogP contribution in [0.2, 0.25) is 0 Å². The van der Waals surface area contributed by atoms with Gasteiger partial charge in [-0.1, -0.05) is 12.1 Å². The Balaban J connectivity index is 0.892. The number of nitrogens with two attached hydrogens (primary N) is 1. The monoisotopic (exact) mass is 709 g/mol. The Morgan fingerprint density at radius 3 is 2.42 bits per heavy atom. The lowest BCUT2D eigenvalue weighted by Gasteiger charge is -2.38. The van der Waals surface area contributed by atoms with Crippen LogP contribution >= 0.6 is 0 Å². The van der Waals surface area contributed by atoms with Crippen LogP contribution in [0.1, 0.15) is 59.6 Å². The number of benzene rings is 2. The number of rotatable bonds is 11. The third kappa shape index (κ3) is 8.15. The van der Waals surface area contributed by atoms with Crippen molar-refractivity contribution in [3.05, 3.63) is 77.4 Å². The van der Waals surface area contributed by atoms with Crippen molar-refractivity contribution in [2.45, 2.75) is 44.9 Å². The second-order valence-electron chi connectivity index (χ2n) is 13.8. The summed E-state index contributed by atoms with van der Waals surface area (Å²) >= 11 is 0. The fourth-order valence-electron chi connectivity index (χ4n) is 7.31. The number of piperidine rings is 2. The highest BCUT2D eigenvalue weighted by atomic mass is 19.1. The number of imide groups is 1. The first-order valence-corrected chi connectivity index (χ1v) is 17.9. The lowest BCUT2D eigenvalue weighted by Crippen LogP contribution is -2.47. The lowest BCUT2D eigenvalue weighted by atomic mass is 9.90. The summed E-state index contributed by atoms with van der Waals surface area (Å²) in [5, 5.41) is 15.3. The third-order valence-corrected chi connectivity index (χ3v) is 10.3. The van der Waals surface area contributed by atoms with Gasteiger partial charge in [-0.25, -0.2) is 9.37 Å². The van der Waals surface area contributed by atoms with Crippen molar-refractivity contribution in [2.75, 3.05) is 66.2 Å². The molecule has 0 radical (unpaired) electrons. The summed E-state index contributed by atoms with van der Waals surface area (Å²) in [4.78, 5) is 51.7. The van der Waals surface area contributed by atoms with Crippen molar-refractivity contribution >= 4 is 52.4 Å². The minimum atomic E-state index is -0.614. The minimum Gasteiger partial charge on any atom is -0.371 e. The number of amides is 3. The fraction of sp³-hybridized carbons (Fsp3) is 0.405. The molecule has 4 aromatic rings. The van der Waals surface area contributed by atoms with Gasteiger partial charge in [0.2, 0.25) is 17.8 Å². The average molecular weight is 710 g/mol. The van der Waals surface area contributed by atoms with Crippen molar-refractivity contribution in [3.63, 3.8) is 0 Å². The SMILES string of the molecule is Cc1cc(Nc2nc(Nc3ccc(C(N)=O)c(N4CCC(CCN5CCN(c6ccc(C7CCC(=O)NC7=O)cc6)CC5)CC4)c3)ncc2F)n[nH]1. The number of nitrogens with zero attached hydrogens (tertiary/aromatic N) is 6. The van der Waals surface area contributed by atoms with E-state index in [2.05, 4.69) is 62.9 Å². The Morgan fingerprint density at radius 2 is 1.73 bits per heavy atom. The maximum atomic E-state index is 14.5. The van der Waals surface area contributed by atoms with Gasteiger partial charge >= 0.3 is 0 Å². The molecule has 0 saturated carbocycles. The van der Waals surface area contributed by atoms with Crippen LogP contribution in [-0.2, 0) is 9.59 Å². The van der Waals surface area contributed by atoms with E-state index < -0.39 is 11.7 Å². The van der Waals surface area contributed by atoms with E-state index in [4.69, 9.17) is 5.73 Å². The molecule has 3 aliphatic rings. The Hall–Kier alpha value is -5.57. The molecular weight excluding hydrogens is 665 g/mol. The number of carbonyl (C=O) groups is 3. The van der Waals surface area contributed by atoms with Gasteiger partial charge < -0.3 is 26.2 Å². The van der Waals surface area contributed by atoms with Crippen LogP contribution in [-0.4, -0.2) is 88.6 Å². The van der Waals surface area contributed by atoms with E-state index in [0.29, 0.717) is 35.8 Å². The van der Waals surface area contributed by atoms with Crippen LogP contribution in [0, 0.1) is 18.7 Å². The van der Waals surface area contributed by atoms with Crippen molar-refractivity contribution in [1.29, 1.82) is 0 Å². The van der Waals surface area contributed by atoms with Gasteiger partial charge in [0.15, 0.2) is 17.5 Å². The molecule has 272 valence electrons. The highest BCUT2D eigenvalue weighted by Crippen LogP contribution is 2.32. The van der Waals surface area contributed by atoms with Gasteiger partial charge in [0, 0.05) is 68.8 Å². The highest BCUT2D eigenvalue weighted by molar-refractivity contribution is 6.01. The van der Waals surface area contributed by atoms with Gasteiger partial charge in [-0.15, -0.1) is 0 Å². The zero-order valence-corrected chi connectivity index (χ0v) is 29.2. The fourth-order valence-corrected chi connectivity index (χ4v) is 7.31. The van der Waals surface area contributed by atoms with E-state index in [0.717, 1.165) is 93.9 Å². The molecule has 14 nitrogen and oxygen atoms in total. The van der Waals surface area contributed by atoms with Crippen LogP contribution in [0.15, 0.2) is 54.7 Å². The molecule has 1 atom stereocenters. The number of H-pyrrole nitrogens is 1. The lowest BCUT2D eigenvalue weighted by molar-refractivity contribution is -0.134. The first-order valence-electron chi connectivity index (χ1n) is 17.9. The van der Waals surface area contributed by atoms with Crippen LogP contribution in [0.4, 0.5) is 39.0 Å². The van der Waals surface area contributed by atoms with E-state index in [-0.39, 0.29) is 29.5 Å². The molecule has 0 spiro atoms. The summed E-state index contributed by atoms with van der Waals surface area (Å²) in [6.45, 7) is 8.39. The molecule has 2 aromatic carbocycles. The molecular formula is C37H44FN11O3. The van der Waals surface area contributed by atoms with E-state index in [1.54, 1.807) is 18.2 Å². The summed E-state index contributed by atoms with van der Waals surface area (Å²) in [6.07, 6.45) is 5.17. The molecule has 2 aromatic heterocycles. The molecule has 3 amide bonds. The number of carbonyl (C=O) groups excluding carboxylic acids is 3. The number of halogens is 1. The molecule has 3 saturated heterocycles. The quantitative estimate of drug-likeness (QED) is 0.141. The second kappa shape index (κ2) is 15.4. The topological polar surface area (TPSA) is 177 Å². The zero-order valence-electron chi connectivity index (χ0n) is 29.2. The summed E-state index contributed by atoms with van der Waals surface area (Å²) in [5.74, 6) is -0.566. The highest BCUT2D eigenvalue weighted by Gasteiger charge is 2.28. The smallest absolute Gasteiger partial charge is 0.250 e. The summed E-state index contributed by atoms with van der Waals surface area (Å²) < 4.78 is 14.5. The predicted octanol–water partition coefficient (Wildman–Crippen LogP) is 4.18. The molecule has 0 bridgehead atoms. The van der Waals surface area contributed by atoms with Crippen LogP contribution in [0.3, 0.4) is 0 Å². The van der Waals surface area contributed by atoms with E-state index in [1.807, 2.05) is 25.1 Å². The molecule has 0 aliphatic carbocycles. The number of hydrogen-bond donors (Lipinski definition) is 5. The van der Waals surface area contributed by atoms with Crippen LogP contribution < -0.4 is 31.5 Å². The molecule has 15 heteroatoms. The molecule has 7 rings (SSSR count). The van der Waals surface area contributed by atoms with Crippen molar-refractivity contribution in [3.8, 4) is 0 Å². The number of primary amides is 1. The Bertz CT molecular complexity index is 1920. The van der Waals surface area contributed by atoms with E-state index in [9.17, 15) is 18.8 Å². The number of aromatic nitrogens is 4. The van der Waals surface area contributed by atoms with Crippen LogP contribution in [0.5, 0.6) is 0 Å². The zero-order chi connectivity index (χ0) is 36.2. The van der Waals surface area contributed by atoms with Crippen molar-refractivity contribution in [1.82, 2.24) is 30.4 Å². The molecule has 1 unspecified atom stereocenters. The normalized spacial score (nSPS) is 18.7. The molecule has 5 heterocycles. The number of aryl methyl sites for hydroxylation is 1. The minimum absolute atomic E-state index is 0.0137. The number of piperazine rings is 1. The first kappa shape index (κ1) is 34.9. The maximum absolute atomic E-state index is 14.5. The van der Waals surface area contributed by atoms with Crippen molar-refractivity contribution < 1.29 is 18.8 Å². The van der Waals surface area contributed by atoms with Gasteiger partial charge in [-0.2, -0.15) is 10.1 Å². The van der Waals surface area contributed by atoms with Gasteiger partial charge in [0.1, 0.15) is 0 Å². The molecule has 52 heavy (non-hydrogen) atoms. The summed E-state index contributed by atoms with van der Waals surface area (Å²) in [5.41, 5.74) is 10.6. The third-order valence-electron chi connectivity index (χ3n) is 10.3. The Kier molecular flexibility index (Phi) is 10.3. The predicted molar refractivity (Wildman–Crippen MR) is 197 cm³/mol. The largest absolute Gasteiger partial charge is 0.371 e. The first-order chi connectivity index (χ1) is 25.2. The number of hydrogen-bond acceptors (Lipinski definition) is 11. The van der Waals surface area contributed by atoms with Crippen LogP contribution in [0.25, 0.3) is 0 Å². The number of nitrogens with one attached hydrogen (secondary N) is 4. The van der Waals surface area contributed by atoms with Gasteiger partial charge in [0.25, 0.3) is 5.91 Å². The Morgan fingerprint density at radius 1 is 0.962 bits per heavy atom. The van der Waals surface area contributed by atoms with Gasteiger partial charge in [0.05, 0.1) is 23.4 Å². The maximum Gasteiger partial charge on any atom is 0.250 e. The summed E-state index contributed by atoms with van der Waals surface area (Å²) in [7, 11) is 0. The van der Waals surface area contributed by atoms with Crippen molar-refractivity contribution in [2.24, 2.45) is 11.7 Å². The van der Waals surface area contributed by atoms with Gasteiger partial charge in [-0.05, 0) is 81.0 Å². The molecule has 6 N–H and O–H groups in total. The molecule has 3 fully saturated rings. The second-order valence-corrected chi connectivity index (χ2v) is 13.8. The standard InChI is InChI=1S/C37H44FN11O3/c1-23-20-32(46-45-23)42-35-30(38)22-40-37(44-35)41-26-4-7-29(34(39)51)31(21-26)49-14-11-24(12-15-49)10-13-47-16-18-48(19-17-47)27-5-2-25(3-6-27)28-8-9-33(50)43-36(28)52/h2-7,20-22,24,28H,8-19H2,1H3,(H2,39,51)(H,43,50,52)(H3,40,41,42,44,45,46). The van der Waals surface area contributed by atoms with E-state index >= 15 is 0 Å². The average Bonchev–Trinajstić information content (AvgIpc) is 3.56. The van der Waals surface area contributed by atoms with Gasteiger partial charge in [-0.3, -0.25) is 29.7 Å².